The topological polar surface area (TPSA) is 12.0 Å². The molecule has 72 valence electrons. The van der Waals surface area contributed by atoms with Crippen LogP contribution in [0, 0.1) is 0 Å². The zero-order chi connectivity index (χ0) is 8.86. The number of unbranched alkanes of at least 4 members (excludes halogenated alkanes) is 1. The third-order valence-electron chi connectivity index (χ3n) is 2.04. The number of thioether (sulfide) groups is 2. The molecule has 1 unspecified atom stereocenters. The lowest BCUT2D eigenvalue weighted by Crippen LogP contribution is -2.39. The summed E-state index contributed by atoms with van der Waals surface area (Å²) in [6, 6.07) is 0. The van der Waals surface area contributed by atoms with Crippen LogP contribution in [0.3, 0.4) is 0 Å². The van der Waals surface area contributed by atoms with Gasteiger partial charge in [0.05, 0.1) is 4.08 Å². The van der Waals surface area contributed by atoms with Crippen molar-refractivity contribution in [1.82, 2.24) is 5.32 Å². The van der Waals surface area contributed by atoms with Gasteiger partial charge in [-0.15, -0.1) is 23.5 Å². The summed E-state index contributed by atoms with van der Waals surface area (Å²) < 4.78 is 0.452. The highest BCUT2D eigenvalue weighted by Gasteiger charge is 2.27. The standard InChI is InChI=1S/C9H19NS2/c1-3-4-6-11-9(2)8-10-5-7-12-9/h10H,3-8H2,1-2H3. The molecule has 1 aliphatic heterocycles. The van der Waals surface area contributed by atoms with Gasteiger partial charge >= 0.3 is 0 Å². The van der Waals surface area contributed by atoms with Crippen molar-refractivity contribution in [3.8, 4) is 0 Å². The van der Waals surface area contributed by atoms with Crippen molar-refractivity contribution in [2.45, 2.75) is 30.8 Å². The summed E-state index contributed by atoms with van der Waals surface area (Å²) in [5.41, 5.74) is 0. The molecule has 0 aromatic rings. The summed E-state index contributed by atoms with van der Waals surface area (Å²) in [5, 5.41) is 3.46. The normalized spacial score (nSPS) is 30.5. The quantitative estimate of drug-likeness (QED) is 0.709. The Morgan fingerprint density at radius 2 is 2.42 bits per heavy atom. The maximum absolute atomic E-state index is 3.46. The van der Waals surface area contributed by atoms with Gasteiger partial charge in [0.2, 0.25) is 0 Å². The molecule has 1 saturated heterocycles. The first kappa shape index (κ1) is 10.7. The molecule has 0 aliphatic carbocycles. The zero-order valence-electron chi connectivity index (χ0n) is 8.06. The number of hydrogen-bond donors (Lipinski definition) is 1. The first-order valence-corrected chi connectivity index (χ1v) is 6.72. The van der Waals surface area contributed by atoms with Crippen LogP contribution in [0.1, 0.15) is 26.7 Å². The van der Waals surface area contributed by atoms with Crippen LogP contribution >= 0.6 is 23.5 Å². The van der Waals surface area contributed by atoms with Crippen molar-refractivity contribution in [2.24, 2.45) is 0 Å². The van der Waals surface area contributed by atoms with Crippen molar-refractivity contribution in [2.75, 3.05) is 24.6 Å². The first-order valence-electron chi connectivity index (χ1n) is 4.75. The minimum Gasteiger partial charge on any atom is -0.314 e. The number of hydrogen-bond acceptors (Lipinski definition) is 3. The van der Waals surface area contributed by atoms with Crippen LogP contribution in [0.5, 0.6) is 0 Å². The van der Waals surface area contributed by atoms with E-state index in [1.54, 1.807) is 0 Å². The largest absolute Gasteiger partial charge is 0.314 e. The van der Waals surface area contributed by atoms with E-state index in [4.69, 9.17) is 0 Å². The van der Waals surface area contributed by atoms with E-state index in [9.17, 15) is 0 Å². The average Bonchev–Trinajstić information content (AvgIpc) is 2.06. The van der Waals surface area contributed by atoms with Gasteiger partial charge < -0.3 is 5.32 Å². The highest BCUT2D eigenvalue weighted by atomic mass is 32.2. The average molecular weight is 205 g/mol. The molecule has 0 radical (unpaired) electrons. The van der Waals surface area contributed by atoms with Crippen molar-refractivity contribution >= 4 is 23.5 Å². The molecule has 1 rings (SSSR count). The van der Waals surface area contributed by atoms with E-state index < -0.39 is 0 Å². The monoisotopic (exact) mass is 205 g/mol. The van der Waals surface area contributed by atoms with Crippen molar-refractivity contribution in [3.63, 3.8) is 0 Å². The van der Waals surface area contributed by atoms with E-state index >= 15 is 0 Å². The van der Waals surface area contributed by atoms with Gasteiger partial charge in [-0.05, 0) is 19.1 Å². The summed E-state index contributed by atoms with van der Waals surface area (Å²) in [6.07, 6.45) is 2.68. The second-order valence-corrected chi connectivity index (χ2v) is 6.82. The molecule has 0 aromatic carbocycles. The molecular formula is C9H19NS2. The fourth-order valence-corrected chi connectivity index (χ4v) is 4.02. The highest BCUT2D eigenvalue weighted by molar-refractivity contribution is 8.18. The molecule has 0 aromatic heterocycles. The lowest BCUT2D eigenvalue weighted by atomic mass is 10.4. The summed E-state index contributed by atoms with van der Waals surface area (Å²) in [7, 11) is 0. The molecule has 3 heteroatoms. The summed E-state index contributed by atoms with van der Waals surface area (Å²) in [6.45, 7) is 6.99. The Morgan fingerprint density at radius 1 is 1.58 bits per heavy atom. The fourth-order valence-electron chi connectivity index (χ4n) is 1.23. The molecule has 0 bridgehead atoms. The predicted octanol–water partition coefficient (Wildman–Crippen LogP) is 2.57. The van der Waals surface area contributed by atoms with Crippen molar-refractivity contribution in [1.29, 1.82) is 0 Å². The maximum Gasteiger partial charge on any atom is 0.0707 e. The second-order valence-electron chi connectivity index (χ2n) is 3.36. The van der Waals surface area contributed by atoms with Crippen LogP contribution in [-0.4, -0.2) is 28.7 Å². The van der Waals surface area contributed by atoms with Crippen LogP contribution in [0.25, 0.3) is 0 Å². The van der Waals surface area contributed by atoms with Gasteiger partial charge in [0.25, 0.3) is 0 Å². The van der Waals surface area contributed by atoms with Crippen molar-refractivity contribution < 1.29 is 0 Å². The third kappa shape index (κ3) is 3.58. The maximum atomic E-state index is 3.46. The second kappa shape index (κ2) is 5.40. The van der Waals surface area contributed by atoms with E-state index in [2.05, 4.69) is 42.7 Å². The fraction of sp³-hybridized carbons (Fsp3) is 1.00. The van der Waals surface area contributed by atoms with E-state index in [1.807, 2.05) is 0 Å². The van der Waals surface area contributed by atoms with Crippen LogP contribution in [0.2, 0.25) is 0 Å². The van der Waals surface area contributed by atoms with Crippen LogP contribution in [0.4, 0.5) is 0 Å². The van der Waals surface area contributed by atoms with Gasteiger partial charge in [0.1, 0.15) is 0 Å². The molecular weight excluding hydrogens is 186 g/mol. The molecule has 0 saturated carbocycles. The lowest BCUT2D eigenvalue weighted by Gasteiger charge is -2.32. The molecule has 1 nitrogen and oxygen atoms in total. The Morgan fingerprint density at radius 3 is 3.00 bits per heavy atom. The smallest absolute Gasteiger partial charge is 0.0707 e. The molecule has 0 spiro atoms. The van der Waals surface area contributed by atoms with Gasteiger partial charge in [-0.1, -0.05) is 13.3 Å². The minimum atomic E-state index is 0.452. The van der Waals surface area contributed by atoms with Crippen LogP contribution < -0.4 is 5.32 Å². The van der Waals surface area contributed by atoms with Gasteiger partial charge in [-0.25, -0.2) is 0 Å². The Bertz CT molecular complexity index is 122. The third-order valence-corrected chi connectivity index (χ3v) is 5.16. The van der Waals surface area contributed by atoms with E-state index in [-0.39, 0.29) is 0 Å². The van der Waals surface area contributed by atoms with Crippen molar-refractivity contribution in [3.05, 3.63) is 0 Å². The molecule has 1 fully saturated rings. The number of nitrogens with one attached hydrogen (secondary N) is 1. The molecule has 12 heavy (non-hydrogen) atoms. The molecule has 1 heterocycles. The molecule has 1 atom stereocenters. The van der Waals surface area contributed by atoms with Gasteiger partial charge in [0.15, 0.2) is 0 Å². The Balaban J connectivity index is 2.17. The predicted molar refractivity (Wildman–Crippen MR) is 61.1 cm³/mol. The Labute approximate surface area is 84.4 Å². The molecule has 1 aliphatic rings. The summed E-state index contributed by atoms with van der Waals surface area (Å²) >= 11 is 4.24. The SMILES string of the molecule is CCCCSC1(C)CNCCS1. The summed E-state index contributed by atoms with van der Waals surface area (Å²) in [4.78, 5) is 0. The number of rotatable bonds is 4. The van der Waals surface area contributed by atoms with Gasteiger partial charge in [-0.2, -0.15) is 0 Å². The van der Waals surface area contributed by atoms with Crippen LogP contribution in [-0.2, 0) is 0 Å². The van der Waals surface area contributed by atoms with Gasteiger partial charge in [0, 0.05) is 18.8 Å². The minimum absolute atomic E-state index is 0.452. The highest BCUT2D eigenvalue weighted by Crippen LogP contribution is 2.38. The Kier molecular flexibility index (Phi) is 4.84. The Hall–Kier alpha value is 0.660. The van der Waals surface area contributed by atoms with E-state index in [1.165, 1.54) is 37.4 Å². The molecule has 0 amide bonds. The molecule has 1 N–H and O–H groups in total. The van der Waals surface area contributed by atoms with Gasteiger partial charge in [-0.3, -0.25) is 0 Å². The van der Waals surface area contributed by atoms with E-state index in [0.29, 0.717) is 4.08 Å². The van der Waals surface area contributed by atoms with Crippen LogP contribution in [0.15, 0.2) is 0 Å². The first-order chi connectivity index (χ1) is 5.77. The summed E-state index contributed by atoms with van der Waals surface area (Å²) in [5.74, 6) is 2.59. The van der Waals surface area contributed by atoms with E-state index in [0.717, 1.165) is 0 Å². The lowest BCUT2D eigenvalue weighted by molar-refractivity contribution is 0.669. The zero-order valence-corrected chi connectivity index (χ0v) is 9.69.